The van der Waals surface area contributed by atoms with Crippen molar-refractivity contribution in [1.29, 1.82) is 0 Å². The average molecular weight is 436 g/mol. The standard InChI is InChI=1S/C24H29N5O3/c1-16-11-18(7-8-21(16)32-3)14-28-10-9-25-24(31)20(28)12-23(30)26-13-19-15-29-17(2)5-4-6-22(29)27-19/h4-8,11,15,20H,9-10,12-14H2,1-3H3,(H,25,31)(H,26,30)/t20-/m1/s1. The molecular weight excluding hydrogens is 406 g/mol. The van der Waals surface area contributed by atoms with Crippen molar-refractivity contribution in [3.63, 3.8) is 0 Å². The molecule has 0 bridgehead atoms. The van der Waals surface area contributed by atoms with Crippen LogP contribution >= 0.6 is 0 Å². The predicted octanol–water partition coefficient (Wildman–Crippen LogP) is 1.97. The van der Waals surface area contributed by atoms with E-state index in [-0.39, 0.29) is 18.2 Å². The van der Waals surface area contributed by atoms with Gasteiger partial charge in [0, 0.05) is 31.5 Å². The molecule has 1 aliphatic rings. The third-order valence-electron chi connectivity index (χ3n) is 5.88. The summed E-state index contributed by atoms with van der Waals surface area (Å²) < 4.78 is 7.33. The van der Waals surface area contributed by atoms with Crippen LogP contribution in [0.4, 0.5) is 0 Å². The van der Waals surface area contributed by atoms with Gasteiger partial charge < -0.3 is 19.8 Å². The first-order valence-electron chi connectivity index (χ1n) is 10.8. The van der Waals surface area contributed by atoms with Gasteiger partial charge in [0.15, 0.2) is 0 Å². The number of hydrogen-bond donors (Lipinski definition) is 2. The predicted molar refractivity (Wildman–Crippen MR) is 121 cm³/mol. The molecule has 1 aromatic carbocycles. The third-order valence-corrected chi connectivity index (χ3v) is 5.88. The van der Waals surface area contributed by atoms with Crippen LogP contribution in [0.2, 0.25) is 0 Å². The van der Waals surface area contributed by atoms with Gasteiger partial charge in [-0.3, -0.25) is 14.5 Å². The lowest BCUT2D eigenvalue weighted by atomic mass is 10.1. The first-order chi connectivity index (χ1) is 15.4. The number of nitrogens with one attached hydrogen (secondary N) is 2. The van der Waals surface area contributed by atoms with E-state index in [4.69, 9.17) is 4.74 Å². The molecule has 1 aliphatic heterocycles. The highest BCUT2D eigenvalue weighted by molar-refractivity contribution is 5.88. The normalized spacial score (nSPS) is 16.7. The Morgan fingerprint density at radius 2 is 2.12 bits per heavy atom. The number of rotatable bonds is 7. The zero-order valence-corrected chi connectivity index (χ0v) is 18.7. The largest absolute Gasteiger partial charge is 0.496 e. The highest BCUT2D eigenvalue weighted by atomic mass is 16.5. The van der Waals surface area contributed by atoms with Crippen LogP contribution < -0.4 is 15.4 Å². The smallest absolute Gasteiger partial charge is 0.237 e. The maximum atomic E-state index is 12.7. The molecule has 1 saturated heterocycles. The number of fused-ring (bicyclic) bond motifs is 1. The number of piperazine rings is 1. The maximum absolute atomic E-state index is 12.7. The van der Waals surface area contributed by atoms with Crippen LogP contribution in [0.25, 0.3) is 5.65 Å². The monoisotopic (exact) mass is 435 g/mol. The van der Waals surface area contributed by atoms with Crippen LogP contribution in [0.5, 0.6) is 5.75 Å². The van der Waals surface area contributed by atoms with Gasteiger partial charge in [-0.2, -0.15) is 0 Å². The number of aryl methyl sites for hydroxylation is 2. The summed E-state index contributed by atoms with van der Waals surface area (Å²) in [5.74, 6) is 0.555. The average Bonchev–Trinajstić information content (AvgIpc) is 3.19. The van der Waals surface area contributed by atoms with Gasteiger partial charge in [-0.25, -0.2) is 4.98 Å². The maximum Gasteiger partial charge on any atom is 0.237 e. The number of benzene rings is 1. The zero-order chi connectivity index (χ0) is 22.7. The van der Waals surface area contributed by atoms with E-state index in [1.807, 2.05) is 54.8 Å². The molecule has 168 valence electrons. The summed E-state index contributed by atoms with van der Waals surface area (Å²) in [5, 5.41) is 5.80. The highest BCUT2D eigenvalue weighted by Gasteiger charge is 2.31. The Labute approximate surface area is 187 Å². The SMILES string of the molecule is COc1ccc(CN2CCNC(=O)[C@H]2CC(=O)NCc2cn3c(C)cccc3n2)cc1C. The van der Waals surface area contributed by atoms with E-state index in [1.54, 1.807) is 7.11 Å². The summed E-state index contributed by atoms with van der Waals surface area (Å²) in [5.41, 5.74) is 4.84. The Kier molecular flexibility index (Phi) is 6.41. The molecule has 0 unspecified atom stereocenters. The van der Waals surface area contributed by atoms with Crippen molar-refractivity contribution < 1.29 is 14.3 Å². The topological polar surface area (TPSA) is 88.0 Å². The van der Waals surface area contributed by atoms with Crippen molar-refractivity contribution in [1.82, 2.24) is 24.9 Å². The molecule has 2 amide bonds. The molecule has 32 heavy (non-hydrogen) atoms. The lowest BCUT2D eigenvalue weighted by Gasteiger charge is -2.34. The minimum Gasteiger partial charge on any atom is -0.496 e. The molecule has 1 fully saturated rings. The number of imidazole rings is 1. The second-order valence-corrected chi connectivity index (χ2v) is 8.19. The molecule has 0 saturated carbocycles. The second-order valence-electron chi connectivity index (χ2n) is 8.19. The number of aromatic nitrogens is 2. The number of carbonyl (C=O) groups excluding carboxylic acids is 2. The summed E-state index contributed by atoms with van der Waals surface area (Å²) in [6, 6.07) is 11.4. The molecule has 4 rings (SSSR count). The minimum absolute atomic E-state index is 0.105. The molecule has 8 heteroatoms. The van der Waals surface area contributed by atoms with E-state index in [1.165, 1.54) is 0 Å². The molecule has 1 atom stereocenters. The number of methoxy groups -OCH3 is 1. The van der Waals surface area contributed by atoms with E-state index in [0.717, 1.165) is 33.9 Å². The Balaban J connectivity index is 1.39. The van der Waals surface area contributed by atoms with Crippen LogP contribution in [0.3, 0.4) is 0 Å². The van der Waals surface area contributed by atoms with Crippen LogP contribution in [0, 0.1) is 13.8 Å². The van der Waals surface area contributed by atoms with Gasteiger partial charge in [-0.15, -0.1) is 0 Å². The first kappa shape index (κ1) is 21.8. The number of hydrogen-bond acceptors (Lipinski definition) is 5. The molecule has 0 radical (unpaired) electrons. The Bertz CT molecular complexity index is 1140. The van der Waals surface area contributed by atoms with E-state index < -0.39 is 6.04 Å². The fraction of sp³-hybridized carbons (Fsp3) is 0.375. The molecule has 2 N–H and O–H groups in total. The Morgan fingerprint density at radius 3 is 2.88 bits per heavy atom. The van der Waals surface area contributed by atoms with Gasteiger partial charge in [0.05, 0.1) is 31.8 Å². The summed E-state index contributed by atoms with van der Waals surface area (Å²) >= 11 is 0. The van der Waals surface area contributed by atoms with Gasteiger partial charge in [0.25, 0.3) is 0 Å². The Hall–Kier alpha value is -3.39. The third kappa shape index (κ3) is 4.75. The van der Waals surface area contributed by atoms with Crippen molar-refractivity contribution >= 4 is 17.5 Å². The molecule has 3 aromatic rings. The van der Waals surface area contributed by atoms with E-state index in [9.17, 15) is 9.59 Å². The zero-order valence-electron chi connectivity index (χ0n) is 18.7. The van der Waals surface area contributed by atoms with E-state index in [2.05, 4.69) is 26.6 Å². The molecular formula is C24H29N5O3. The van der Waals surface area contributed by atoms with Crippen molar-refractivity contribution in [2.75, 3.05) is 20.2 Å². The number of nitrogens with zero attached hydrogens (tertiary/aromatic N) is 3. The van der Waals surface area contributed by atoms with Crippen molar-refractivity contribution in [2.24, 2.45) is 0 Å². The minimum atomic E-state index is -0.505. The van der Waals surface area contributed by atoms with Crippen LogP contribution in [0.1, 0.15) is 28.9 Å². The molecule has 2 aromatic heterocycles. The Morgan fingerprint density at radius 1 is 1.28 bits per heavy atom. The quantitative estimate of drug-likeness (QED) is 0.593. The summed E-state index contributed by atoms with van der Waals surface area (Å²) in [6.07, 6.45) is 2.03. The fourth-order valence-electron chi connectivity index (χ4n) is 4.17. The van der Waals surface area contributed by atoms with Gasteiger partial charge in [-0.1, -0.05) is 18.2 Å². The molecule has 3 heterocycles. The van der Waals surface area contributed by atoms with E-state index >= 15 is 0 Å². The summed E-state index contributed by atoms with van der Waals surface area (Å²) in [6.45, 7) is 6.20. The lowest BCUT2D eigenvalue weighted by molar-refractivity contribution is -0.134. The molecule has 8 nitrogen and oxygen atoms in total. The van der Waals surface area contributed by atoms with Crippen molar-refractivity contribution in [2.45, 2.75) is 39.4 Å². The van der Waals surface area contributed by atoms with Crippen LogP contribution in [-0.2, 0) is 22.7 Å². The summed E-state index contributed by atoms with van der Waals surface area (Å²) in [4.78, 5) is 31.8. The fourth-order valence-corrected chi connectivity index (χ4v) is 4.17. The van der Waals surface area contributed by atoms with Crippen LogP contribution in [-0.4, -0.2) is 52.3 Å². The van der Waals surface area contributed by atoms with Gasteiger partial charge in [-0.05, 0) is 43.2 Å². The van der Waals surface area contributed by atoms with Crippen molar-refractivity contribution in [3.05, 3.63) is 65.1 Å². The molecule has 0 spiro atoms. The summed E-state index contributed by atoms with van der Waals surface area (Å²) in [7, 11) is 1.65. The first-order valence-corrected chi connectivity index (χ1v) is 10.8. The van der Waals surface area contributed by atoms with Gasteiger partial charge in [0.1, 0.15) is 11.4 Å². The van der Waals surface area contributed by atoms with Gasteiger partial charge in [0.2, 0.25) is 11.8 Å². The van der Waals surface area contributed by atoms with Crippen LogP contribution in [0.15, 0.2) is 42.6 Å². The van der Waals surface area contributed by atoms with Crippen molar-refractivity contribution in [3.8, 4) is 5.75 Å². The second kappa shape index (κ2) is 9.40. The van der Waals surface area contributed by atoms with E-state index in [0.29, 0.717) is 26.2 Å². The molecule has 0 aliphatic carbocycles. The number of carbonyl (C=O) groups is 2. The highest BCUT2D eigenvalue weighted by Crippen LogP contribution is 2.21. The number of ether oxygens (including phenoxy) is 1. The number of pyridine rings is 1. The number of amides is 2. The lowest BCUT2D eigenvalue weighted by Crippen LogP contribution is -2.56. The van der Waals surface area contributed by atoms with Gasteiger partial charge >= 0.3 is 0 Å².